The predicted molar refractivity (Wildman–Crippen MR) is 134 cm³/mol. The van der Waals surface area contributed by atoms with Crippen molar-refractivity contribution in [1.29, 1.82) is 5.26 Å². The van der Waals surface area contributed by atoms with Gasteiger partial charge in [-0.25, -0.2) is 0 Å². The van der Waals surface area contributed by atoms with Gasteiger partial charge >= 0.3 is 0 Å². The van der Waals surface area contributed by atoms with Gasteiger partial charge in [0.1, 0.15) is 17.3 Å². The average Bonchev–Trinajstić information content (AvgIpc) is 2.89. The standard InChI is InChI=1S/C29H18ClN3/c30-29-26(19-31)27(24-17-9-7-15-22(24)20-11-3-1-4-12-20)28(32-33-29)25-18-10-8-16-23(25)21-13-5-2-6-14-21/h1-18H. The summed E-state index contributed by atoms with van der Waals surface area (Å²) in [6.45, 7) is 0. The van der Waals surface area contributed by atoms with E-state index in [2.05, 4.69) is 46.6 Å². The van der Waals surface area contributed by atoms with Gasteiger partial charge in [-0.15, -0.1) is 10.2 Å². The Hall–Kier alpha value is -4.26. The van der Waals surface area contributed by atoms with Gasteiger partial charge in [-0.1, -0.05) is 121 Å². The molecule has 5 rings (SSSR count). The van der Waals surface area contributed by atoms with Crippen LogP contribution in [0.5, 0.6) is 0 Å². The Morgan fingerprint density at radius 2 is 1.00 bits per heavy atom. The molecule has 4 heteroatoms. The van der Waals surface area contributed by atoms with Crippen molar-refractivity contribution in [2.24, 2.45) is 0 Å². The molecule has 1 heterocycles. The molecule has 5 aromatic rings. The van der Waals surface area contributed by atoms with E-state index in [1.807, 2.05) is 78.9 Å². The monoisotopic (exact) mass is 443 g/mol. The van der Waals surface area contributed by atoms with Crippen LogP contribution in [0.2, 0.25) is 5.15 Å². The van der Waals surface area contributed by atoms with Crippen LogP contribution in [0.3, 0.4) is 0 Å². The van der Waals surface area contributed by atoms with Crippen LogP contribution in [-0.4, -0.2) is 10.2 Å². The van der Waals surface area contributed by atoms with Gasteiger partial charge in [-0.3, -0.25) is 0 Å². The molecule has 0 aliphatic carbocycles. The molecule has 0 bridgehead atoms. The second kappa shape index (κ2) is 9.08. The third kappa shape index (κ3) is 3.89. The largest absolute Gasteiger partial charge is 0.192 e. The number of rotatable bonds is 4. The highest BCUT2D eigenvalue weighted by Crippen LogP contribution is 2.42. The average molecular weight is 444 g/mol. The molecule has 0 amide bonds. The van der Waals surface area contributed by atoms with E-state index < -0.39 is 0 Å². The van der Waals surface area contributed by atoms with Crippen molar-refractivity contribution in [1.82, 2.24) is 10.2 Å². The van der Waals surface area contributed by atoms with E-state index in [-0.39, 0.29) is 5.15 Å². The molecular formula is C29H18ClN3. The molecule has 33 heavy (non-hydrogen) atoms. The molecule has 4 aromatic carbocycles. The van der Waals surface area contributed by atoms with E-state index in [1.165, 1.54) is 0 Å². The number of aromatic nitrogens is 2. The molecule has 1 aromatic heterocycles. The molecule has 3 nitrogen and oxygen atoms in total. The van der Waals surface area contributed by atoms with Crippen molar-refractivity contribution in [3.63, 3.8) is 0 Å². The molecule has 0 atom stereocenters. The summed E-state index contributed by atoms with van der Waals surface area (Å²) in [5.74, 6) is 0. The van der Waals surface area contributed by atoms with E-state index >= 15 is 0 Å². The van der Waals surface area contributed by atoms with E-state index in [0.717, 1.165) is 33.4 Å². The Kier molecular flexibility index (Phi) is 5.68. The SMILES string of the molecule is N#Cc1c(Cl)nnc(-c2ccccc2-c2ccccc2)c1-c1ccccc1-c1ccccc1. The van der Waals surface area contributed by atoms with Crippen molar-refractivity contribution in [3.05, 3.63) is 120 Å². The molecule has 0 fully saturated rings. The topological polar surface area (TPSA) is 49.6 Å². The highest BCUT2D eigenvalue weighted by Gasteiger charge is 2.22. The van der Waals surface area contributed by atoms with Crippen LogP contribution in [-0.2, 0) is 0 Å². The van der Waals surface area contributed by atoms with Gasteiger partial charge in [0.05, 0.1) is 0 Å². The van der Waals surface area contributed by atoms with Gasteiger partial charge in [0, 0.05) is 11.1 Å². The first kappa shape index (κ1) is 20.6. The van der Waals surface area contributed by atoms with Crippen molar-refractivity contribution in [2.45, 2.75) is 0 Å². The Labute approximate surface area is 197 Å². The minimum atomic E-state index is 0.0938. The summed E-state index contributed by atoms with van der Waals surface area (Å²) in [5, 5.41) is 18.8. The second-order valence-electron chi connectivity index (χ2n) is 7.52. The lowest BCUT2D eigenvalue weighted by molar-refractivity contribution is 1.03. The molecule has 0 aliphatic heterocycles. The smallest absolute Gasteiger partial charge is 0.170 e. The molecule has 156 valence electrons. The lowest BCUT2D eigenvalue weighted by Gasteiger charge is -2.17. The third-order valence-electron chi connectivity index (χ3n) is 5.59. The summed E-state index contributed by atoms with van der Waals surface area (Å²) in [4.78, 5) is 0. The first-order chi connectivity index (χ1) is 16.3. The molecular weight excluding hydrogens is 426 g/mol. The molecule has 0 saturated heterocycles. The summed E-state index contributed by atoms with van der Waals surface area (Å²) in [5.41, 5.74) is 7.51. The summed E-state index contributed by atoms with van der Waals surface area (Å²) >= 11 is 6.40. The molecule has 0 spiro atoms. The predicted octanol–water partition coefficient (Wildman–Crippen LogP) is 7.67. The molecule has 0 N–H and O–H groups in total. The zero-order valence-electron chi connectivity index (χ0n) is 17.6. The zero-order chi connectivity index (χ0) is 22.6. The number of benzene rings is 4. The highest BCUT2D eigenvalue weighted by molar-refractivity contribution is 6.31. The van der Waals surface area contributed by atoms with Crippen LogP contribution >= 0.6 is 11.6 Å². The Bertz CT molecular complexity index is 1470. The van der Waals surface area contributed by atoms with Gasteiger partial charge in [-0.2, -0.15) is 5.26 Å². The van der Waals surface area contributed by atoms with E-state index in [1.54, 1.807) is 0 Å². The minimum Gasteiger partial charge on any atom is -0.192 e. The van der Waals surface area contributed by atoms with Crippen LogP contribution in [0.25, 0.3) is 44.6 Å². The lowest BCUT2D eigenvalue weighted by atomic mass is 9.88. The Balaban J connectivity index is 1.84. The van der Waals surface area contributed by atoms with Crippen molar-refractivity contribution < 1.29 is 0 Å². The number of nitrogens with zero attached hydrogens (tertiary/aromatic N) is 3. The Morgan fingerprint density at radius 1 is 0.545 bits per heavy atom. The first-order valence-corrected chi connectivity index (χ1v) is 10.9. The molecule has 0 saturated carbocycles. The van der Waals surface area contributed by atoms with E-state index in [9.17, 15) is 5.26 Å². The highest BCUT2D eigenvalue weighted by atomic mass is 35.5. The van der Waals surface area contributed by atoms with Gasteiger partial charge in [0.2, 0.25) is 0 Å². The zero-order valence-corrected chi connectivity index (χ0v) is 18.4. The fraction of sp³-hybridized carbons (Fsp3) is 0. The van der Waals surface area contributed by atoms with Crippen molar-refractivity contribution in [2.75, 3.05) is 0 Å². The van der Waals surface area contributed by atoms with E-state index in [0.29, 0.717) is 16.8 Å². The summed E-state index contributed by atoms with van der Waals surface area (Å²) in [6.07, 6.45) is 0. The Morgan fingerprint density at radius 3 is 1.55 bits per heavy atom. The quantitative estimate of drug-likeness (QED) is 0.286. The molecule has 0 radical (unpaired) electrons. The van der Waals surface area contributed by atoms with Crippen molar-refractivity contribution in [3.8, 4) is 50.7 Å². The van der Waals surface area contributed by atoms with Crippen molar-refractivity contribution >= 4 is 11.6 Å². The maximum Gasteiger partial charge on any atom is 0.170 e. The molecule has 0 unspecified atom stereocenters. The number of nitriles is 1. The second-order valence-corrected chi connectivity index (χ2v) is 7.88. The summed E-state index contributed by atoms with van der Waals surface area (Å²) in [7, 11) is 0. The van der Waals surface area contributed by atoms with Crippen LogP contribution in [0, 0.1) is 11.3 Å². The van der Waals surface area contributed by atoms with Crippen LogP contribution in [0.15, 0.2) is 109 Å². The van der Waals surface area contributed by atoms with Gasteiger partial charge in [0.25, 0.3) is 0 Å². The maximum atomic E-state index is 10.1. The van der Waals surface area contributed by atoms with Crippen LogP contribution in [0.1, 0.15) is 5.56 Å². The lowest BCUT2D eigenvalue weighted by Crippen LogP contribution is -2.00. The minimum absolute atomic E-state index is 0.0938. The number of hydrogen-bond acceptors (Lipinski definition) is 3. The van der Waals surface area contributed by atoms with Gasteiger partial charge in [-0.05, 0) is 27.8 Å². The fourth-order valence-corrected chi connectivity index (χ4v) is 4.27. The van der Waals surface area contributed by atoms with E-state index in [4.69, 9.17) is 11.6 Å². The third-order valence-corrected chi connectivity index (χ3v) is 5.86. The number of hydrogen-bond donors (Lipinski definition) is 0. The van der Waals surface area contributed by atoms with Gasteiger partial charge in [0.15, 0.2) is 5.15 Å². The van der Waals surface area contributed by atoms with Crippen LogP contribution in [0.4, 0.5) is 0 Å². The first-order valence-electron chi connectivity index (χ1n) is 10.5. The van der Waals surface area contributed by atoms with Gasteiger partial charge < -0.3 is 0 Å². The normalized spacial score (nSPS) is 10.5. The summed E-state index contributed by atoms with van der Waals surface area (Å²) < 4.78 is 0. The summed E-state index contributed by atoms with van der Waals surface area (Å²) in [6, 6.07) is 38.5. The van der Waals surface area contributed by atoms with Crippen LogP contribution < -0.4 is 0 Å². The fourth-order valence-electron chi connectivity index (χ4n) is 4.10. The maximum absolute atomic E-state index is 10.1. The molecule has 0 aliphatic rings. The number of halogens is 1.